The van der Waals surface area contributed by atoms with Crippen LogP contribution in [0.5, 0.6) is 0 Å². The molecule has 52 heavy (non-hydrogen) atoms. The molecule has 1 aromatic heterocycles. The van der Waals surface area contributed by atoms with Crippen molar-refractivity contribution in [3.05, 3.63) is 101 Å². The van der Waals surface area contributed by atoms with Crippen LogP contribution >= 0.6 is 0 Å². The van der Waals surface area contributed by atoms with E-state index in [1.165, 1.54) is 4.31 Å². The van der Waals surface area contributed by atoms with E-state index < -0.39 is 16.1 Å². The van der Waals surface area contributed by atoms with E-state index in [1.54, 1.807) is 46.0 Å². The molecular formula is C40H49N5O6S. The fourth-order valence-corrected chi connectivity index (χ4v) is 8.38. The summed E-state index contributed by atoms with van der Waals surface area (Å²) >= 11 is 0. The molecule has 1 N–H and O–H groups in total. The van der Waals surface area contributed by atoms with Gasteiger partial charge in [0.1, 0.15) is 0 Å². The molecule has 3 heterocycles. The fraction of sp³-hybridized carbons (Fsp3) is 0.425. The zero-order valence-electron chi connectivity index (χ0n) is 30.3. The number of amides is 2. The number of unbranched alkanes of at least 4 members (excludes halogenated alkanes) is 2. The van der Waals surface area contributed by atoms with Crippen LogP contribution in [0.4, 0.5) is 0 Å². The molecule has 4 aromatic rings. The number of carbonyl (C=O) groups excluding carboxylic acids is 2. The summed E-state index contributed by atoms with van der Waals surface area (Å²) in [7, 11) is -3.67. The summed E-state index contributed by atoms with van der Waals surface area (Å²) in [6, 6.07) is 21.5. The van der Waals surface area contributed by atoms with Crippen molar-refractivity contribution in [2.75, 3.05) is 46.0 Å². The first-order chi connectivity index (χ1) is 25.2. The maximum atomic E-state index is 14.7. The van der Waals surface area contributed by atoms with E-state index in [0.29, 0.717) is 80.6 Å². The molecule has 2 amide bonds. The number of fused-ring (bicyclic) bond motifs is 1. The SMILES string of the molecule is CCCCN(CCCC)C(=O)c1cc(C)n(-c2ccc(-c3ccc(S(=O)(=O)N4CCOCC4)cc3)cc2C(=O)N2Cc3ccccc3C[C@H]2CO)n1. The number of aliphatic hydroxyl groups excluding tert-OH is 1. The number of ether oxygens (including phenoxy) is 1. The Hall–Kier alpha value is -4.36. The Bertz CT molecular complexity index is 1980. The Labute approximate surface area is 306 Å². The molecule has 1 saturated heterocycles. The maximum absolute atomic E-state index is 14.7. The van der Waals surface area contributed by atoms with Crippen LogP contribution in [-0.2, 0) is 27.7 Å². The lowest BCUT2D eigenvalue weighted by atomic mass is 9.93. The third-order valence-corrected chi connectivity index (χ3v) is 11.9. The Morgan fingerprint density at radius 1 is 0.904 bits per heavy atom. The quantitative estimate of drug-likeness (QED) is 0.194. The number of nitrogens with zero attached hydrogens (tertiary/aromatic N) is 5. The molecule has 276 valence electrons. The first kappa shape index (κ1) is 37.4. The molecule has 1 atom stereocenters. The smallest absolute Gasteiger partial charge is 0.274 e. The number of aryl methyl sites for hydroxylation is 1. The molecule has 0 unspecified atom stereocenters. The summed E-state index contributed by atoms with van der Waals surface area (Å²) in [6.07, 6.45) is 4.28. The number of aliphatic hydroxyl groups is 1. The third kappa shape index (κ3) is 7.85. The van der Waals surface area contributed by atoms with Crippen molar-refractivity contribution in [2.45, 2.75) is 70.4 Å². The Morgan fingerprint density at radius 3 is 2.21 bits per heavy atom. The molecule has 2 aliphatic rings. The number of hydrogen-bond acceptors (Lipinski definition) is 7. The number of aromatic nitrogens is 2. The number of rotatable bonds is 13. The van der Waals surface area contributed by atoms with Gasteiger partial charge in [-0.15, -0.1) is 0 Å². The number of carbonyl (C=O) groups is 2. The molecular weight excluding hydrogens is 679 g/mol. The van der Waals surface area contributed by atoms with Crippen LogP contribution in [-0.4, -0.2) is 101 Å². The van der Waals surface area contributed by atoms with Crippen molar-refractivity contribution >= 4 is 21.8 Å². The molecule has 1 fully saturated rings. The normalized spacial score (nSPS) is 16.5. The lowest BCUT2D eigenvalue weighted by molar-refractivity contribution is 0.0544. The first-order valence-corrected chi connectivity index (χ1v) is 19.8. The Kier molecular flexibility index (Phi) is 11.9. The van der Waals surface area contributed by atoms with Gasteiger partial charge >= 0.3 is 0 Å². The molecule has 0 saturated carbocycles. The van der Waals surface area contributed by atoms with Gasteiger partial charge in [-0.2, -0.15) is 9.40 Å². The second kappa shape index (κ2) is 16.5. The third-order valence-electron chi connectivity index (χ3n) is 10.0. The van der Waals surface area contributed by atoms with Gasteiger partial charge in [0, 0.05) is 38.4 Å². The van der Waals surface area contributed by atoms with E-state index in [9.17, 15) is 23.1 Å². The van der Waals surface area contributed by atoms with Crippen LogP contribution in [0.1, 0.15) is 77.2 Å². The van der Waals surface area contributed by atoms with E-state index in [4.69, 9.17) is 9.84 Å². The summed E-state index contributed by atoms with van der Waals surface area (Å²) in [4.78, 5) is 32.2. The van der Waals surface area contributed by atoms with Crippen LogP contribution in [0.2, 0.25) is 0 Å². The summed E-state index contributed by atoms with van der Waals surface area (Å²) < 4.78 is 35.0. The monoisotopic (exact) mass is 727 g/mol. The van der Waals surface area contributed by atoms with Crippen LogP contribution in [0.25, 0.3) is 16.8 Å². The second-order valence-corrected chi connectivity index (χ2v) is 15.5. The standard InChI is InChI=1S/C40H49N5O6S/c1-4-6-18-42(19-7-5-2)40(48)37-24-29(3)45(41-37)38-17-14-32(30-12-15-35(16-13-30)52(49,50)43-20-22-51-23-21-43)26-36(38)39(47)44-27-33-11-9-8-10-31(33)25-34(44)28-46/h8-17,24,26,34,46H,4-7,18-23,25,27-28H2,1-3H3/t34-/m0/s1. The zero-order chi connectivity index (χ0) is 36.8. The summed E-state index contributed by atoms with van der Waals surface area (Å²) in [5, 5.41) is 15.2. The lowest BCUT2D eigenvalue weighted by Crippen LogP contribution is -2.46. The zero-order valence-corrected chi connectivity index (χ0v) is 31.1. The van der Waals surface area contributed by atoms with Gasteiger partial charge in [0.05, 0.1) is 42.0 Å². The number of morpholine rings is 1. The maximum Gasteiger partial charge on any atom is 0.274 e. The van der Waals surface area contributed by atoms with Crippen LogP contribution < -0.4 is 0 Å². The Morgan fingerprint density at radius 2 is 1.56 bits per heavy atom. The number of sulfonamides is 1. The van der Waals surface area contributed by atoms with Gasteiger partial charge in [0.15, 0.2) is 5.69 Å². The topological polar surface area (TPSA) is 125 Å². The largest absolute Gasteiger partial charge is 0.394 e. The molecule has 11 nitrogen and oxygen atoms in total. The van der Waals surface area contributed by atoms with Crippen LogP contribution in [0.15, 0.2) is 77.7 Å². The summed E-state index contributed by atoms with van der Waals surface area (Å²) in [5.41, 5.74) is 5.49. The van der Waals surface area contributed by atoms with Crippen molar-refractivity contribution in [1.82, 2.24) is 23.9 Å². The molecule has 6 rings (SSSR count). The lowest BCUT2D eigenvalue weighted by Gasteiger charge is -2.36. The van der Waals surface area contributed by atoms with Crippen molar-refractivity contribution in [2.24, 2.45) is 0 Å². The van der Waals surface area contributed by atoms with Gasteiger partial charge in [0.25, 0.3) is 11.8 Å². The molecule has 0 aliphatic carbocycles. The fourth-order valence-electron chi connectivity index (χ4n) is 6.97. The van der Waals surface area contributed by atoms with E-state index in [0.717, 1.165) is 42.4 Å². The van der Waals surface area contributed by atoms with Gasteiger partial charge in [-0.25, -0.2) is 13.1 Å². The molecule has 12 heteroatoms. The minimum atomic E-state index is -3.67. The van der Waals surface area contributed by atoms with E-state index in [1.807, 2.05) is 48.2 Å². The highest BCUT2D eigenvalue weighted by Crippen LogP contribution is 2.31. The van der Waals surface area contributed by atoms with Crippen molar-refractivity contribution < 1.29 is 27.9 Å². The number of hydrogen-bond donors (Lipinski definition) is 1. The van der Waals surface area contributed by atoms with Gasteiger partial charge in [-0.05, 0) is 78.8 Å². The predicted octanol–water partition coefficient (Wildman–Crippen LogP) is 5.47. The molecule has 2 aliphatic heterocycles. The highest BCUT2D eigenvalue weighted by Gasteiger charge is 2.32. The highest BCUT2D eigenvalue weighted by atomic mass is 32.2. The van der Waals surface area contributed by atoms with Crippen LogP contribution in [0, 0.1) is 6.92 Å². The highest BCUT2D eigenvalue weighted by molar-refractivity contribution is 7.89. The average Bonchev–Trinajstić information content (AvgIpc) is 3.58. The van der Waals surface area contributed by atoms with Gasteiger partial charge in [-0.1, -0.05) is 69.2 Å². The minimum Gasteiger partial charge on any atom is -0.394 e. The van der Waals surface area contributed by atoms with E-state index in [2.05, 4.69) is 13.8 Å². The van der Waals surface area contributed by atoms with E-state index in [-0.39, 0.29) is 23.3 Å². The van der Waals surface area contributed by atoms with Crippen molar-refractivity contribution in [3.8, 4) is 16.8 Å². The minimum absolute atomic E-state index is 0.131. The average molecular weight is 728 g/mol. The van der Waals surface area contributed by atoms with Crippen molar-refractivity contribution in [1.29, 1.82) is 0 Å². The van der Waals surface area contributed by atoms with Gasteiger partial charge < -0.3 is 19.6 Å². The predicted molar refractivity (Wildman–Crippen MR) is 200 cm³/mol. The van der Waals surface area contributed by atoms with Crippen LogP contribution in [0.3, 0.4) is 0 Å². The molecule has 0 bridgehead atoms. The number of benzene rings is 3. The van der Waals surface area contributed by atoms with Gasteiger partial charge in [0.2, 0.25) is 10.0 Å². The molecule has 0 radical (unpaired) electrons. The molecule has 3 aromatic carbocycles. The van der Waals surface area contributed by atoms with Gasteiger partial charge in [-0.3, -0.25) is 9.59 Å². The first-order valence-electron chi connectivity index (χ1n) is 18.3. The summed E-state index contributed by atoms with van der Waals surface area (Å²) in [6.45, 7) is 8.88. The summed E-state index contributed by atoms with van der Waals surface area (Å²) in [5.74, 6) is -0.402. The van der Waals surface area contributed by atoms with Crippen molar-refractivity contribution in [3.63, 3.8) is 0 Å². The Balaban J connectivity index is 1.39. The second-order valence-electron chi connectivity index (χ2n) is 13.6. The molecule has 0 spiro atoms. The van der Waals surface area contributed by atoms with E-state index >= 15 is 0 Å².